The van der Waals surface area contributed by atoms with Crippen molar-refractivity contribution in [3.63, 3.8) is 0 Å². The summed E-state index contributed by atoms with van der Waals surface area (Å²) < 4.78 is 31.4. The first kappa shape index (κ1) is 20.3. The standard InChI is InChI=1S/C20H21F2NO2.ClH/c21-17-3-1-15(2-4-17)20(24)16-9-11-23(12-10-16)13-14-25-19-7-5-18(22)6-8-19;/h1-8,16H,9-14H2;1H. The quantitative estimate of drug-likeness (QED) is 0.696. The van der Waals surface area contributed by atoms with Crippen molar-refractivity contribution in [2.24, 2.45) is 5.92 Å². The fourth-order valence-corrected chi connectivity index (χ4v) is 3.09. The van der Waals surface area contributed by atoms with E-state index in [-0.39, 0.29) is 35.7 Å². The molecule has 2 aromatic rings. The van der Waals surface area contributed by atoms with Crippen LogP contribution < -0.4 is 4.74 Å². The van der Waals surface area contributed by atoms with Crippen LogP contribution in [0.1, 0.15) is 23.2 Å². The summed E-state index contributed by atoms with van der Waals surface area (Å²) in [4.78, 5) is 14.7. The van der Waals surface area contributed by atoms with Gasteiger partial charge in [-0.1, -0.05) is 0 Å². The number of likely N-dealkylation sites (tertiary alicyclic amines) is 1. The summed E-state index contributed by atoms with van der Waals surface area (Å²) in [5, 5.41) is 0. The van der Waals surface area contributed by atoms with Gasteiger partial charge in [0, 0.05) is 18.0 Å². The summed E-state index contributed by atoms with van der Waals surface area (Å²) in [5.41, 5.74) is 0.583. The summed E-state index contributed by atoms with van der Waals surface area (Å²) in [6.45, 7) is 2.98. The number of Topliss-reactive ketones (excluding diaryl/α,β-unsaturated/α-hetero) is 1. The lowest BCUT2D eigenvalue weighted by atomic mass is 9.89. The number of hydrogen-bond donors (Lipinski definition) is 0. The molecule has 0 unspecified atom stereocenters. The van der Waals surface area contributed by atoms with E-state index in [0.717, 1.165) is 32.5 Å². The number of nitrogens with zero attached hydrogens (tertiary/aromatic N) is 1. The Morgan fingerprint density at radius 3 is 2.08 bits per heavy atom. The molecule has 1 aliphatic rings. The van der Waals surface area contributed by atoms with Crippen molar-refractivity contribution in [1.29, 1.82) is 0 Å². The molecular weight excluding hydrogens is 360 g/mol. The number of hydrogen-bond acceptors (Lipinski definition) is 3. The monoisotopic (exact) mass is 381 g/mol. The molecule has 1 aliphatic heterocycles. The summed E-state index contributed by atoms with van der Waals surface area (Å²) in [6.07, 6.45) is 1.60. The fraction of sp³-hybridized carbons (Fsp3) is 0.350. The number of ketones is 1. The number of carbonyl (C=O) groups is 1. The lowest BCUT2D eigenvalue weighted by Crippen LogP contribution is -2.38. The maximum Gasteiger partial charge on any atom is 0.166 e. The van der Waals surface area contributed by atoms with Gasteiger partial charge in [-0.15, -0.1) is 12.4 Å². The Hall–Kier alpha value is -1.98. The van der Waals surface area contributed by atoms with Gasteiger partial charge >= 0.3 is 0 Å². The normalized spacial score (nSPS) is 15.3. The van der Waals surface area contributed by atoms with Crippen LogP contribution in [0.2, 0.25) is 0 Å². The molecule has 0 bridgehead atoms. The van der Waals surface area contributed by atoms with E-state index >= 15 is 0 Å². The van der Waals surface area contributed by atoms with Crippen molar-refractivity contribution in [3.8, 4) is 5.75 Å². The summed E-state index contributed by atoms with van der Waals surface area (Å²) in [7, 11) is 0. The van der Waals surface area contributed by atoms with E-state index in [4.69, 9.17) is 4.74 Å². The van der Waals surface area contributed by atoms with E-state index in [1.807, 2.05) is 0 Å². The van der Waals surface area contributed by atoms with Crippen LogP contribution in [0.15, 0.2) is 48.5 Å². The van der Waals surface area contributed by atoms with Crippen LogP contribution >= 0.6 is 12.4 Å². The van der Waals surface area contributed by atoms with Crippen LogP contribution in [0, 0.1) is 17.6 Å². The third kappa shape index (κ3) is 5.51. The summed E-state index contributed by atoms with van der Waals surface area (Å²) >= 11 is 0. The minimum Gasteiger partial charge on any atom is -0.492 e. The molecule has 6 heteroatoms. The molecule has 140 valence electrons. The van der Waals surface area contributed by atoms with E-state index in [9.17, 15) is 13.6 Å². The molecule has 0 amide bonds. The van der Waals surface area contributed by atoms with Crippen molar-refractivity contribution >= 4 is 18.2 Å². The number of rotatable bonds is 6. The number of halogens is 3. The third-order valence-corrected chi connectivity index (χ3v) is 4.58. The molecule has 26 heavy (non-hydrogen) atoms. The second-order valence-electron chi connectivity index (χ2n) is 6.29. The molecule has 1 saturated heterocycles. The van der Waals surface area contributed by atoms with Crippen LogP contribution in [0.25, 0.3) is 0 Å². The Kier molecular flexibility index (Phi) is 7.54. The molecule has 0 aromatic heterocycles. The number of benzene rings is 2. The molecule has 0 aliphatic carbocycles. The smallest absolute Gasteiger partial charge is 0.166 e. The molecule has 0 spiro atoms. The molecular formula is C20H22ClF2NO2. The van der Waals surface area contributed by atoms with Crippen LogP contribution in [0.3, 0.4) is 0 Å². The average Bonchev–Trinajstić information content (AvgIpc) is 2.64. The highest BCUT2D eigenvalue weighted by atomic mass is 35.5. The zero-order valence-corrected chi connectivity index (χ0v) is 15.2. The van der Waals surface area contributed by atoms with Gasteiger partial charge in [-0.25, -0.2) is 8.78 Å². The lowest BCUT2D eigenvalue weighted by Gasteiger charge is -2.31. The first-order chi connectivity index (χ1) is 12.1. The van der Waals surface area contributed by atoms with Crippen molar-refractivity contribution in [2.45, 2.75) is 12.8 Å². The first-order valence-electron chi connectivity index (χ1n) is 8.52. The molecule has 1 fully saturated rings. The van der Waals surface area contributed by atoms with Crippen molar-refractivity contribution in [3.05, 3.63) is 65.7 Å². The van der Waals surface area contributed by atoms with Gasteiger partial charge in [0.05, 0.1) is 0 Å². The molecule has 0 N–H and O–H groups in total. The second-order valence-corrected chi connectivity index (χ2v) is 6.29. The predicted octanol–water partition coefficient (Wildman–Crippen LogP) is 4.36. The molecule has 3 nitrogen and oxygen atoms in total. The molecule has 0 saturated carbocycles. The number of piperidine rings is 1. The molecule has 0 radical (unpaired) electrons. The van der Waals surface area contributed by atoms with Crippen LogP contribution in [-0.2, 0) is 0 Å². The van der Waals surface area contributed by atoms with E-state index < -0.39 is 0 Å². The number of ether oxygens (including phenoxy) is 1. The number of carbonyl (C=O) groups excluding carboxylic acids is 1. The van der Waals surface area contributed by atoms with Crippen molar-refractivity contribution in [2.75, 3.05) is 26.2 Å². The highest BCUT2D eigenvalue weighted by molar-refractivity contribution is 5.97. The Bertz CT molecular complexity index is 699. The highest BCUT2D eigenvalue weighted by Gasteiger charge is 2.25. The van der Waals surface area contributed by atoms with Gasteiger partial charge in [0.15, 0.2) is 5.78 Å². The van der Waals surface area contributed by atoms with Gasteiger partial charge in [-0.2, -0.15) is 0 Å². The molecule has 0 atom stereocenters. The first-order valence-corrected chi connectivity index (χ1v) is 8.52. The van der Waals surface area contributed by atoms with Gasteiger partial charge in [0.2, 0.25) is 0 Å². The van der Waals surface area contributed by atoms with E-state index in [2.05, 4.69) is 4.90 Å². The Morgan fingerprint density at radius 1 is 0.962 bits per heavy atom. The maximum atomic E-state index is 13.0. The predicted molar refractivity (Wildman–Crippen MR) is 99.0 cm³/mol. The average molecular weight is 382 g/mol. The van der Waals surface area contributed by atoms with Gasteiger partial charge in [-0.3, -0.25) is 9.69 Å². The topological polar surface area (TPSA) is 29.5 Å². The summed E-state index contributed by atoms with van der Waals surface area (Å²) in [6, 6.07) is 11.8. The Balaban J connectivity index is 0.00000243. The van der Waals surface area contributed by atoms with Gasteiger partial charge in [-0.05, 0) is 74.5 Å². The minimum atomic E-state index is -0.326. The van der Waals surface area contributed by atoms with E-state index in [1.165, 1.54) is 24.3 Å². The van der Waals surface area contributed by atoms with Gasteiger partial charge in [0.25, 0.3) is 0 Å². The van der Waals surface area contributed by atoms with Gasteiger partial charge < -0.3 is 4.74 Å². The zero-order valence-electron chi connectivity index (χ0n) is 14.4. The maximum absolute atomic E-state index is 13.0. The van der Waals surface area contributed by atoms with Crippen molar-refractivity contribution < 1.29 is 18.3 Å². The molecule has 2 aromatic carbocycles. The second kappa shape index (κ2) is 9.64. The SMILES string of the molecule is Cl.O=C(c1ccc(F)cc1)C1CCN(CCOc2ccc(F)cc2)CC1. The van der Waals surface area contributed by atoms with Crippen LogP contribution in [0.5, 0.6) is 5.75 Å². The Morgan fingerprint density at radius 2 is 1.50 bits per heavy atom. The molecule has 1 heterocycles. The zero-order chi connectivity index (χ0) is 17.6. The highest BCUT2D eigenvalue weighted by Crippen LogP contribution is 2.22. The van der Waals surface area contributed by atoms with Crippen LogP contribution in [-0.4, -0.2) is 36.9 Å². The van der Waals surface area contributed by atoms with E-state index in [0.29, 0.717) is 17.9 Å². The Labute approximate surface area is 158 Å². The lowest BCUT2D eigenvalue weighted by molar-refractivity contribution is 0.0827. The van der Waals surface area contributed by atoms with Crippen LogP contribution in [0.4, 0.5) is 8.78 Å². The summed E-state index contributed by atoms with van der Waals surface area (Å²) in [5.74, 6) is 0.150. The largest absolute Gasteiger partial charge is 0.492 e. The minimum absolute atomic E-state index is 0. The van der Waals surface area contributed by atoms with E-state index in [1.54, 1.807) is 24.3 Å². The van der Waals surface area contributed by atoms with Gasteiger partial charge in [0.1, 0.15) is 24.0 Å². The fourth-order valence-electron chi connectivity index (χ4n) is 3.09. The third-order valence-electron chi connectivity index (χ3n) is 4.58. The molecule has 3 rings (SSSR count). The van der Waals surface area contributed by atoms with Crippen molar-refractivity contribution in [1.82, 2.24) is 4.90 Å².